The summed E-state index contributed by atoms with van der Waals surface area (Å²) < 4.78 is 23.4. The Morgan fingerprint density at radius 3 is 2.45 bits per heavy atom. The average Bonchev–Trinajstić information content (AvgIpc) is 2.38. The maximum atomic E-state index is 11.7. The topological polar surface area (TPSA) is 46.2 Å². The molecule has 3 atom stereocenters. The minimum absolute atomic E-state index is 0.168. The van der Waals surface area contributed by atoms with E-state index in [1.165, 1.54) is 17.4 Å². The number of aryl methyl sites for hydroxylation is 1. The van der Waals surface area contributed by atoms with Gasteiger partial charge in [0.2, 0.25) is 0 Å². The van der Waals surface area contributed by atoms with Crippen molar-refractivity contribution in [1.82, 2.24) is 5.32 Å². The zero-order chi connectivity index (χ0) is 14.8. The molecule has 0 aliphatic heterocycles. The minimum Gasteiger partial charge on any atom is -0.307 e. The molecule has 2 unspecified atom stereocenters. The molecule has 2 rings (SSSR count). The van der Waals surface area contributed by atoms with Crippen LogP contribution in [0, 0.1) is 6.92 Å². The lowest BCUT2D eigenvalue weighted by atomic mass is 9.93. The Kier molecular flexibility index (Phi) is 4.86. The minimum atomic E-state index is -2.90. The van der Waals surface area contributed by atoms with Gasteiger partial charge in [0, 0.05) is 18.3 Å². The molecular weight excluding hydrogens is 270 g/mol. The number of benzene rings is 1. The SMILES string of the molecule is Cc1ccc([C@H](C)NC2CCCC(S(C)(=O)=O)C2)cc1. The molecule has 1 aliphatic rings. The van der Waals surface area contributed by atoms with Crippen molar-refractivity contribution in [2.45, 2.75) is 56.9 Å². The van der Waals surface area contributed by atoms with Crippen LogP contribution in [0.3, 0.4) is 0 Å². The van der Waals surface area contributed by atoms with Crippen molar-refractivity contribution in [3.05, 3.63) is 35.4 Å². The van der Waals surface area contributed by atoms with Gasteiger partial charge in [0.1, 0.15) is 9.84 Å². The molecule has 0 aromatic heterocycles. The molecule has 1 fully saturated rings. The fraction of sp³-hybridized carbons (Fsp3) is 0.625. The van der Waals surface area contributed by atoms with E-state index < -0.39 is 9.84 Å². The molecule has 0 heterocycles. The summed E-state index contributed by atoms with van der Waals surface area (Å²) in [6, 6.07) is 9.09. The van der Waals surface area contributed by atoms with Crippen molar-refractivity contribution in [2.24, 2.45) is 0 Å². The van der Waals surface area contributed by atoms with Gasteiger partial charge in [-0.1, -0.05) is 36.2 Å². The standard InChI is InChI=1S/C16H25NO2S/c1-12-7-9-14(10-8-12)13(2)17-15-5-4-6-16(11-15)20(3,18)19/h7-10,13,15-17H,4-6,11H2,1-3H3/t13-,15?,16?/m0/s1. The summed E-state index contributed by atoms with van der Waals surface area (Å²) in [7, 11) is -2.90. The van der Waals surface area contributed by atoms with Crippen molar-refractivity contribution < 1.29 is 8.42 Å². The van der Waals surface area contributed by atoms with Gasteiger partial charge in [-0.05, 0) is 38.7 Å². The quantitative estimate of drug-likeness (QED) is 0.929. The molecule has 0 amide bonds. The van der Waals surface area contributed by atoms with Gasteiger partial charge in [-0.2, -0.15) is 0 Å². The first-order valence-electron chi connectivity index (χ1n) is 7.38. The summed E-state index contributed by atoms with van der Waals surface area (Å²) in [6.07, 6.45) is 4.99. The Bertz CT molecular complexity index is 536. The van der Waals surface area contributed by atoms with Gasteiger partial charge in [-0.3, -0.25) is 0 Å². The van der Waals surface area contributed by atoms with Crippen LogP contribution in [0.15, 0.2) is 24.3 Å². The van der Waals surface area contributed by atoms with Gasteiger partial charge >= 0.3 is 0 Å². The summed E-state index contributed by atoms with van der Waals surface area (Å²) in [5.74, 6) is 0. The van der Waals surface area contributed by atoms with E-state index in [1.54, 1.807) is 0 Å². The van der Waals surface area contributed by atoms with E-state index in [0.29, 0.717) is 6.04 Å². The largest absolute Gasteiger partial charge is 0.307 e. The van der Waals surface area contributed by atoms with Crippen LogP contribution in [0.2, 0.25) is 0 Å². The average molecular weight is 295 g/mol. The zero-order valence-electron chi connectivity index (χ0n) is 12.6. The Morgan fingerprint density at radius 2 is 1.85 bits per heavy atom. The molecule has 1 aromatic carbocycles. The lowest BCUT2D eigenvalue weighted by Crippen LogP contribution is -2.39. The number of hydrogen-bond donors (Lipinski definition) is 1. The van der Waals surface area contributed by atoms with E-state index in [1.807, 2.05) is 0 Å². The number of hydrogen-bond acceptors (Lipinski definition) is 3. The van der Waals surface area contributed by atoms with Gasteiger partial charge in [0.25, 0.3) is 0 Å². The molecule has 20 heavy (non-hydrogen) atoms. The van der Waals surface area contributed by atoms with Crippen molar-refractivity contribution >= 4 is 9.84 Å². The molecule has 3 nitrogen and oxygen atoms in total. The molecule has 1 aromatic rings. The third kappa shape index (κ3) is 4.06. The second kappa shape index (κ2) is 6.27. The molecule has 4 heteroatoms. The number of nitrogens with one attached hydrogen (secondary N) is 1. The molecule has 0 saturated heterocycles. The molecule has 112 valence electrons. The summed E-state index contributed by atoms with van der Waals surface area (Å²) >= 11 is 0. The first-order chi connectivity index (χ1) is 9.36. The highest BCUT2D eigenvalue weighted by atomic mass is 32.2. The summed E-state index contributed by atoms with van der Waals surface area (Å²) in [5.41, 5.74) is 2.52. The smallest absolute Gasteiger partial charge is 0.150 e. The van der Waals surface area contributed by atoms with Crippen LogP contribution < -0.4 is 5.32 Å². The molecule has 1 aliphatic carbocycles. The third-order valence-electron chi connectivity index (χ3n) is 4.29. The highest BCUT2D eigenvalue weighted by molar-refractivity contribution is 7.91. The van der Waals surface area contributed by atoms with Crippen LogP contribution in [-0.4, -0.2) is 26.0 Å². The molecular formula is C16H25NO2S. The van der Waals surface area contributed by atoms with Crippen molar-refractivity contribution in [3.8, 4) is 0 Å². The Hall–Kier alpha value is -0.870. The van der Waals surface area contributed by atoms with E-state index >= 15 is 0 Å². The normalized spacial score (nSPS) is 25.4. The van der Waals surface area contributed by atoms with E-state index in [-0.39, 0.29) is 11.3 Å². The monoisotopic (exact) mass is 295 g/mol. The maximum absolute atomic E-state index is 11.7. The van der Waals surface area contributed by atoms with E-state index in [4.69, 9.17) is 0 Å². The van der Waals surface area contributed by atoms with Crippen LogP contribution in [-0.2, 0) is 9.84 Å². The second-order valence-corrected chi connectivity index (χ2v) is 8.44. The van der Waals surface area contributed by atoms with Crippen LogP contribution in [0.4, 0.5) is 0 Å². The van der Waals surface area contributed by atoms with Gasteiger partial charge in [-0.25, -0.2) is 8.42 Å². The van der Waals surface area contributed by atoms with Gasteiger partial charge in [0.05, 0.1) is 5.25 Å². The Balaban J connectivity index is 1.97. The third-order valence-corrected chi connectivity index (χ3v) is 5.93. The first kappa shape index (κ1) is 15.5. The van der Waals surface area contributed by atoms with Gasteiger partial charge < -0.3 is 5.32 Å². The second-order valence-electron chi connectivity index (χ2n) is 6.11. The Morgan fingerprint density at radius 1 is 1.20 bits per heavy atom. The van der Waals surface area contributed by atoms with Crippen molar-refractivity contribution in [3.63, 3.8) is 0 Å². The van der Waals surface area contributed by atoms with Gasteiger partial charge in [0.15, 0.2) is 0 Å². The fourth-order valence-electron chi connectivity index (χ4n) is 2.99. The lowest BCUT2D eigenvalue weighted by molar-refractivity contribution is 0.346. The molecule has 0 bridgehead atoms. The van der Waals surface area contributed by atoms with Crippen LogP contribution in [0.25, 0.3) is 0 Å². The molecule has 1 saturated carbocycles. The summed E-state index contributed by atoms with van der Waals surface area (Å²) in [6.45, 7) is 4.23. The van der Waals surface area contributed by atoms with E-state index in [0.717, 1.165) is 25.7 Å². The predicted octanol–water partition coefficient (Wildman–Crippen LogP) is 3.00. The molecule has 1 N–H and O–H groups in total. The zero-order valence-corrected chi connectivity index (χ0v) is 13.4. The van der Waals surface area contributed by atoms with Crippen molar-refractivity contribution in [1.29, 1.82) is 0 Å². The number of sulfone groups is 1. The summed E-state index contributed by atoms with van der Waals surface area (Å²) in [4.78, 5) is 0. The lowest BCUT2D eigenvalue weighted by Gasteiger charge is -2.31. The number of rotatable bonds is 4. The maximum Gasteiger partial charge on any atom is 0.150 e. The van der Waals surface area contributed by atoms with Crippen LogP contribution in [0.5, 0.6) is 0 Å². The van der Waals surface area contributed by atoms with Crippen LogP contribution >= 0.6 is 0 Å². The fourth-order valence-corrected chi connectivity index (χ4v) is 4.17. The molecule has 0 radical (unpaired) electrons. The van der Waals surface area contributed by atoms with Gasteiger partial charge in [-0.15, -0.1) is 0 Å². The molecule has 0 spiro atoms. The highest BCUT2D eigenvalue weighted by Gasteiger charge is 2.29. The Labute approximate surface area is 122 Å². The van der Waals surface area contributed by atoms with E-state index in [2.05, 4.69) is 43.4 Å². The predicted molar refractivity (Wildman–Crippen MR) is 83.6 cm³/mol. The summed E-state index contributed by atoms with van der Waals surface area (Å²) in [5, 5.41) is 3.42. The highest BCUT2D eigenvalue weighted by Crippen LogP contribution is 2.26. The van der Waals surface area contributed by atoms with E-state index in [9.17, 15) is 8.42 Å². The van der Waals surface area contributed by atoms with Crippen molar-refractivity contribution in [2.75, 3.05) is 6.26 Å². The van der Waals surface area contributed by atoms with Crippen LogP contribution in [0.1, 0.15) is 49.8 Å². The first-order valence-corrected chi connectivity index (χ1v) is 9.33.